The van der Waals surface area contributed by atoms with Crippen molar-refractivity contribution in [3.8, 4) is 11.5 Å². The van der Waals surface area contributed by atoms with Gasteiger partial charge in [0.1, 0.15) is 12.0 Å². The van der Waals surface area contributed by atoms with Crippen LogP contribution in [0.25, 0.3) is 22.6 Å². The molecule has 1 N–H and O–H groups in total. The molecule has 0 fully saturated rings. The Kier molecular flexibility index (Phi) is 2.49. The highest BCUT2D eigenvalue weighted by molar-refractivity contribution is 5.87. The molecule has 0 unspecified atom stereocenters. The van der Waals surface area contributed by atoms with Gasteiger partial charge in [0.05, 0.1) is 11.0 Å². The van der Waals surface area contributed by atoms with Crippen molar-refractivity contribution in [3.05, 3.63) is 42.4 Å². The normalized spacial score (nSPS) is 10.8. The van der Waals surface area contributed by atoms with Crippen LogP contribution < -0.4 is 0 Å². The first kappa shape index (κ1) is 11.3. The van der Waals surface area contributed by atoms with Crippen LogP contribution in [0.3, 0.4) is 0 Å². The average Bonchev–Trinajstić information content (AvgIpc) is 2.77. The van der Waals surface area contributed by atoms with Crippen LogP contribution in [-0.2, 0) is 7.05 Å². The van der Waals surface area contributed by atoms with E-state index in [-0.39, 0.29) is 5.69 Å². The van der Waals surface area contributed by atoms with Gasteiger partial charge >= 0.3 is 5.97 Å². The van der Waals surface area contributed by atoms with Crippen molar-refractivity contribution in [2.75, 3.05) is 0 Å². The Balaban J connectivity index is 2.21. The summed E-state index contributed by atoms with van der Waals surface area (Å²) >= 11 is 0. The molecule has 6 heteroatoms. The highest BCUT2D eigenvalue weighted by Crippen LogP contribution is 2.21. The van der Waals surface area contributed by atoms with Crippen molar-refractivity contribution in [2.45, 2.75) is 0 Å². The first-order valence-corrected chi connectivity index (χ1v) is 5.64. The lowest BCUT2D eigenvalue weighted by Crippen LogP contribution is -2.03. The number of para-hydroxylation sites is 2. The van der Waals surface area contributed by atoms with Crippen LogP contribution >= 0.6 is 0 Å². The number of carbonyl (C=O) groups is 1. The second kappa shape index (κ2) is 4.16. The molecule has 0 aliphatic heterocycles. The molecule has 94 valence electrons. The molecule has 3 rings (SSSR count). The second-order valence-electron chi connectivity index (χ2n) is 4.08. The summed E-state index contributed by atoms with van der Waals surface area (Å²) in [5.41, 5.74) is 2.26. The number of hydrogen-bond acceptors (Lipinski definition) is 4. The third kappa shape index (κ3) is 1.83. The van der Waals surface area contributed by atoms with Crippen LogP contribution in [0.1, 0.15) is 10.5 Å². The maximum Gasteiger partial charge on any atom is 0.354 e. The van der Waals surface area contributed by atoms with Crippen LogP contribution in [0.5, 0.6) is 0 Å². The third-order valence-electron chi connectivity index (χ3n) is 2.90. The van der Waals surface area contributed by atoms with Crippen molar-refractivity contribution >= 4 is 17.0 Å². The highest BCUT2D eigenvalue weighted by Gasteiger charge is 2.13. The monoisotopic (exact) mass is 254 g/mol. The quantitative estimate of drug-likeness (QED) is 0.753. The van der Waals surface area contributed by atoms with Crippen molar-refractivity contribution in [1.82, 2.24) is 19.5 Å². The number of carboxylic acids is 1. The summed E-state index contributed by atoms with van der Waals surface area (Å²) in [6, 6.07) is 9.10. The minimum atomic E-state index is -1.08. The smallest absolute Gasteiger partial charge is 0.354 e. The molecule has 0 aliphatic carbocycles. The summed E-state index contributed by atoms with van der Waals surface area (Å²) in [5, 5.41) is 8.95. The molecular weight excluding hydrogens is 244 g/mol. The van der Waals surface area contributed by atoms with Crippen LogP contribution in [0.15, 0.2) is 36.7 Å². The predicted molar refractivity (Wildman–Crippen MR) is 68.7 cm³/mol. The fourth-order valence-electron chi connectivity index (χ4n) is 1.97. The molecule has 3 aromatic rings. The summed E-state index contributed by atoms with van der Waals surface area (Å²) in [7, 11) is 1.87. The van der Waals surface area contributed by atoms with Gasteiger partial charge in [-0.15, -0.1) is 0 Å². The molecule has 19 heavy (non-hydrogen) atoms. The van der Waals surface area contributed by atoms with Gasteiger partial charge in [0.25, 0.3) is 0 Å². The number of benzene rings is 1. The number of aryl methyl sites for hydroxylation is 1. The zero-order chi connectivity index (χ0) is 13.4. The number of imidazole rings is 1. The maximum absolute atomic E-state index is 10.9. The van der Waals surface area contributed by atoms with Gasteiger partial charge < -0.3 is 9.67 Å². The topological polar surface area (TPSA) is 80.9 Å². The van der Waals surface area contributed by atoms with E-state index in [0.717, 1.165) is 11.0 Å². The standard InChI is InChI=1S/C13H10N4O2/c1-17-11-5-3-2-4-8(11)16-12(17)9-6-10(13(18)19)15-7-14-9/h2-7H,1H3,(H,18,19). The van der Waals surface area contributed by atoms with Crippen molar-refractivity contribution in [1.29, 1.82) is 0 Å². The largest absolute Gasteiger partial charge is 0.477 e. The Labute approximate surface area is 108 Å². The second-order valence-corrected chi connectivity index (χ2v) is 4.08. The number of aromatic carboxylic acids is 1. The highest BCUT2D eigenvalue weighted by atomic mass is 16.4. The zero-order valence-electron chi connectivity index (χ0n) is 10.1. The van der Waals surface area contributed by atoms with Gasteiger partial charge in [0.15, 0.2) is 11.5 Å². The molecule has 2 aromatic heterocycles. The molecule has 6 nitrogen and oxygen atoms in total. The molecule has 2 heterocycles. The number of fused-ring (bicyclic) bond motifs is 1. The van der Waals surface area contributed by atoms with Gasteiger partial charge in [-0.3, -0.25) is 0 Å². The van der Waals surface area contributed by atoms with Crippen LogP contribution in [0, 0.1) is 0 Å². The SMILES string of the molecule is Cn1c(-c2cc(C(=O)O)ncn2)nc2ccccc21. The molecule has 0 radical (unpaired) electrons. The summed E-state index contributed by atoms with van der Waals surface area (Å²) in [4.78, 5) is 23.2. The van der Waals surface area contributed by atoms with Crippen molar-refractivity contribution in [2.24, 2.45) is 7.05 Å². The number of aromatic nitrogens is 4. The lowest BCUT2D eigenvalue weighted by molar-refractivity contribution is 0.0690. The average molecular weight is 254 g/mol. The molecule has 0 spiro atoms. The van der Waals surface area contributed by atoms with E-state index in [9.17, 15) is 4.79 Å². The lowest BCUT2D eigenvalue weighted by atomic mass is 10.3. The molecule has 0 saturated heterocycles. The van der Waals surface area contributed by atoms with E-state index in [4.69, 9.17) is 5.11 Å². The molecule has 1 aromatic carbocycles. The Morgan fingerprint density at radius 3 is 2.79 bits per heavy atom. The minimum Gasteiger partial charge on any atom is -0.477 e. The summed E-state index contributed by atoms with van der Waals surface area (Å²) in [5.74, 6) is -0.464. The van der Waals surface area contributed by atoms with Gasteiger partial charge in [-0.2, -0.15) is 0 Å². The fourth-order valence-corrected chi connectivity index (χ4v) is 1.97. The Morgan fingerprint density at radius 1 is 1.26 bits per heavy atom. The summed E-state index contributed by atoms with van der Waals surface area (Å²) in [6.45, 7) is 0. The van der Waals surface area contributed by atoms with Gasteiger partial charge in [-0.1, -0.05) is 12.1 Å². The Morgan fingerprint density at radius 2 is 2.05 bits per heavy atom. The Hall–Kier alpha value is -2.76. The van der Waals surface area contributed by atoms with E-state index in [1.54, 1.807) is 0 Å². The predicted octanol–water partition coefficient (Wildman–Crippen LogP) is 1.73. The third-order valence-corrected chi connectivity index (χ3v) is 2.90. The van der Waals surface area contributed by atoms with Gasteiger partial charge in [0, 0.05) is 13.1 Å². The number of rotatable bonds is 2. The Bertz CT molecular complexity index is 779. The fraction of sp³-hybridized carbons (Fsp3) is 0.0769. The first-order valence-electron chi connectivity index (χ1n) is 5.64. The van der Waals surface area contributed by atoms with Crippen molar-refractivity contribution < 1.29 is 9.90 Å². The van der Waals surface area contributed by atoms with E-state index >= 15 is 0 Å². The zero-order valence-corrected chi connectivity index (χ0v) is 10.1. The summed E-state index contributed by atoms with van der Waals surface area (Å²) in [6.07, 6.45) is 1.23. The molecule has 0 saturated carbocycles. The summed E-state index contributed by atoms with van der Waals surface area (Å²) < 4.78 is 1.88. The van der Waals surface area contributed by atoms with Crippen LogP contribution in [0.4, 0.5) is 0 Å². The van der Waals surface area contributed by atoms with Gasteiger partial charge in [0.2, 0.25) is 0 Å². The number of carboxylic acid groups (broad SMARTS) is 1. The molecule has 0 bridgehead atoms. The minimum absolute atomic E-state index is 0.0444. The van der Waals surface area contributed by atoms with E-state index in [1.807, 2.05) is 35.9 Å². The van der Waals surface area contributed by atoms with Crippen molar-refractivity contribution in [3.63, 3.8) is 0 Å². The molecule has 0 aliphatic rings. The van der Waals surface area contributed by atoms with E-state index in [0.29, 0.717) is 11.5 Å². The van der Waals surface area contributed by atoms with Crippen LogP contribution in [0.2, 0.25) is 0 Å². The van der Waals surface area contributed by atoms with Gasteiger partial charge in [-0.05, 0) is 12.1 Å². The lowest BCUT2D eigenvalue weighted by Gasteiger charge is -2.02. The molecule has 0 atom stereocenters. The molecule has 0 amide bonds. The first-order chi connectivity index (χ1) is 9.16. The number of hydrogen-bond donors (Lipinski definition) is 1. The number of nitrogens with zero attached hydrogens (tertiary/aromatic N) is 4. The molecular formula is C13H10N4O2. The van der Waals surface area contributed by atoms with Crippen LogP contribution in [-0.4, -0.2) is 30.6 Å². The van der Waals surface area contributed by atoms with Gasteiger partial charge in [-0.25, -0.2) is 19.7 Å². The maximum atomic E-state index is 10.9. The van der Waals surface area contributed by atoms with E-state index in [1.165, 1.54) is 12.4 Å². The van der Waals surface area contributed by atoms with E-state index < -0.39 is 5.97 Å². The van der Waals surface area contributed by atoms with E-state index in [2.05, 4.69) is 15.0 Å².